The van der Waals surface area contributed by atoms with Gasteiger partial charge in [-0.25, -0.2) is 4.98 Å². The SMILES string of the molecule is COc1ccccc1-c1cn2cc(Br)cc(Br)c2n1. The number of halogens is 2. The summed E-state index contributed by atoms with van der Waals surface area (Å²) in [5.41, 5.74) is 2.75. The van der Waals surface area contributed by atoms with Crippen LogP contribution in [0.1, 0.15) is 0 Å². The van der Waals surface area contributed by atoms with Crippen LogP contribution >= 0.6 is 31.9 Å². The molecule has 3 aromatic rings. The van der Waals surface area contributed by atoms with Crippen molar-refractivity contribution in [2.24, 2.45) is 0 Å². The molecule has 0 saturated heterocycles. The standard InChI is InChI=1S/C14H10Br2N2O/c1-19-13-5-3-2-4-10(13)12-8-18-7-9(15)6-11(16)14(18)17-12/h2-8H,1H3. The van der Waals surface area contributed by atoms with Crippen molar-refractivity contribution in [3.8, 4) is 17.0 Å². The third kappa shape index (κ3) is 2.28. The van der Waals surface area contributed by atoms with E-state index >= 15 is 0 Å². The van der Waals surface area contributed by atoms with Crippen molar-refractivity contribution in [2.45, 2.75) is 0 Å². The maximum absolute atomic E-state index is 5.38. The van der Waals surface area contributed by atoms with Gasteiger partial charge in [0, 0.05) is 22.4 Å². The summed E-state index contributed by atoms with van der Waals surface area (Å²) in [6.07, 6.45) is 3.97. The first-order valence-electron chi connectivity index (χ1n) is 5.66. The van der Waals surface area contributed by atoms with Crippen LogP contribution in [0.4, 0.5) is 0 Å². The van der Waals surface area contributed by atoms with Crippen LogP contribution in [-0.2, 0) is 0 Å². The molecule has 0 spiro atoms. The second kappa shape index (κ2) is 4.98. The molecule has 0 aliphatic rings. The van der Waals surface area contributed by atoms with Crippen molar-refractivity contribution in [1.82, 2.24) is 9.38 Å². The van der Waals surface area contributed by atoms with Gasteiger partial charge in [-0.05, 0) is 50.1 Å². The normalized spacial score (nSPS) is 10.9. The zero-order valence-electron chi connectivity index (χ0n) is 10.1. The maximum Gasteiger partial charge on any atom is 0.151 e. The fourth-order valence-corrected chi connectivity index (χ4v) is 3.31. The fraction of sp³-hybridized carbons (Fsp3) is 0.0714. The molecule has 0 aliphatic heterocycles. The number of methoxy groups -OCH3 is 1. The van der Waals surface area contributed by atoms with Crippen LogP contribution in [0.2, 0.25) is 0 Å². The van der Waals surface area contributed by atoms with E-state index in [9.17, 15) is 0 Å². The van der Waals surface area contributed by atoms with Crippen LogP contribution in [0.25, 0.3) is 16.9 Å². The number of rotatable bonds is 2. The fourth-order valence-electron chi connectivity index (χ4n) is 2.01. The number of aromatic nitrogens is 2. The molecule has 0 amide bonds. The molecule has 0 atom stereocenters. The number of hydrogen-bond donors (Lipinski definition) is 0. The average Bonchev–Trinajstić information content (AvgIpc) is 2.82. The van der Waals surface area contributed by atoms with Crippen molar-refractivity contribution in [3.05, 3.63) is 51.7 Å². The molecule has 2 aromatic heterocycles. The Morgan fingerprint density at radius 3 is 2.74 bits per heavy atom. The Labute approximate surface area is 127 Å². The van der Waals surface area contributed by atoms with Gasteiger partial charge >= 0.3 is 0 Å². The molecule has 0 radical (unpaired) electrons. The van der Waals surface area contributed by atoms with Crippen molar-refractivity contribution in [3.63, 3.8) is 0 Å². The van der Waals surface area contributed by atoms with E-state index in [2.05, 4.69) is 36.8 Å². The highest BCUT2D eigenvalue weighted by molar-refractivity contribution is 9.11. The average molecular weight is 382 g/mol. The van der Waals surface area contributed by atoms with Crippen LogP contribution in [0.15, 0.2) is 51.7 Å². The van der Waals surface area contributed by atoms with Crippen molar-refractivity contribution >= 4 is 37.5 Å². The quantitative estimate of drug-likeness (QED) is 0.651. The minimum atomic E-state index is 0.820. The monoisotopic (exact) mass is 380 g/mol. The van der Waals surface area contributed by atoms with Crippen LogP contribution in [0.5, 0.6) is 5.75 Å². The summed E-state index contributed by atoms with van der Waals surface area (Å²) in [6, 6.07) is 9.85. The first kappa shape index (κ1) is 12.7. The van der Waals surface area contributed by atoms with Gasteiger partial charge in [0.15, 0.2) is 5.65 Å². The van der Waals surface area contributed by atoms with E-state index in [1.165, 1.54) is 0 Å². The van der Waals surface area contributed by atoms with Gasteiger partial charge in [-0.3, -0.25) is 0 Å². The van der Waals surface area contributed by atoms with Gasteiger partial charge < -0.3 is 9.14 Å². The molecule has 19 heavy (non-hydrogen) atoms. The van der Waals surface area contributed by atoms with Crippen LogP contribution in [-0.4, -0.2) is 16.5 Å². The Hall–Kier alpha value is -1.33. The predicted molar refractivity (Wildman–Crippen MR) is 82.6 cm³/mol. The lowest BCUT2D eigenvalue weighted by Gasteiger charge is -2.04. The van der Waals surface area contributed by atoms with E-state index in [1.54, 1.807) is 7.11 Å². The van der Waals surface area contributed by atoms with Gasteiger partial charge in [-0.1, -0.05) is 12.1 Å². The Bertz CT molecular complexity index is 752. The predicted octanol–water partition coefficient (Wildman–Crippen LogP) is 4.53. The number of para-hydroxylation sites is 1. The summed E-state index contributed by atoms with van der Waals surface area (Å²) in [6.45, 7) is 0. The van der Waals surface area contributed by atoms with Gasteiger partial charge in [0.25, 0.3) is 0 Å². The molecule has 0 unspecified atom stereocenters. The van der Waals surface area contributed by atoms with E-state index in [0.29, 0.717) is 0 Å². The molecular formula is C14H10Br2N2O. The highest BCUT2D eigenvalue weighted by Crippen LogP contribution is 2.31. The summed E-state index contributed by atoms with van der Waals surface area (Å²) in [7, 11) is 1.67. The number of benzene rings is 1. The zero-order valence-corrected chi connectivity index (χ0v) is 13.3. The molecule has 0 fully saturated rings. The molecule has 0 saturated carbocycles. The summed E-state index contributed by atoms with van der Waals surface area (Å²) >= 11 is 7.00. The van der Waals surface area contributed by atoms with Gasteiger partial charge in [0.1, 0.15) is 5.75 Å². The van der Waals surface area contributed by atoms with Gasteiger partial charge in [-0.15, -0.1) is 0 Å². The largest absolute Gasteiger partial charge is 0.496 e. The molecule has 96 valence electrons. The van der Waals surface area contributed by atoms with E-state index < -0.39 is 0 Å². The molecule has 0 aliphatic carbocycles. The summed E-state index contributed by atoms with van der Waals surface area (Å²) < 4.78 is 9.30. The molecule has 2 heterocycles. The minimum Gasteiger partial charge on any atom is -0.496 e. The number of nitrogens with zero attached hydrogens (tertiary/aromatic N) is 2. The van der Waals surface area contributed by atoms with E-state index in [-0.39, 0.29) is 0 Å². The third-order valence-electron chi connectivity index (χ3n) is 2.86. The molecule has 0 N–H and O–H groups in total. The van der Waals surface area contributed by atoms with E-state index in [0.717, 1.165) is 31.6 Å². The zero-order chi connectivity index (χ0) is 13.4. The lowest BCUT2D eigenvalue weighted by molar-refractivity contribution is 0.416. The maximum atomic E-state index is 5.38. The minimum absolute atomic E-state index is 0.820. The second-order valence-corrected chi connectivity index (χ2v) is 5.83. The van der Waals surface area contributed by atoms with E-state index in [4.69, 9.17) is 4.74 Å². The van der Waals surface area contributed by atoms with Gasteiger partial charge in [0.05, 0.1) is 17.3 Å². The summed E-state index contributed by atoms with van der Waals surface area (Å²) in [5, 5.41) is 0. The number of ether oxygens (including phenoxy) is 1. The van der Waals surface area contributed by atoms with Gasteiger partial charge in [0.2, 0.25) is 0 Å². The van der Waals surface area contributed by atoms with Crippen molar-refractivity contribution in [2.75, 3.05) is 7.11 Å². The first-order chi connectivity index (χ1) is 9.19. The van der Waals surface area contributed by atoms with Crippen molar-refractivity contribution < 1.29 is 4.74 Å². The van der Waals surface area contributed by atoms with Crippen LogP contribution in [0.3, 0.4) is 0 Å². The Kier molecular flexibility index (Phi) is 3.33. The molecule has 3 nitrogen and oxygen atoms in total. The Morgan fingerprint density at radius 2 is 1.95 bits per heavy atom. The molecule has 0 bridgehead atoms. The highest BCUT2D eigenvalue weighted by atomic mass is 79.9. The Balaban J connectivity index is 2.23. The van der Waals surface area contributed by atoms with Crippen LogP contribution in [0, 0.1) is 0 Å². The second-order valence-electron chi connectivity index (χ2n) is 4.06. The third-order valence-corrected chi connectivity index (χ3v) is 3.87. The molecule has 1 aromatic carbocycles. The highest BCUT2D eigenvalue weighted by Gasteiger charge is 2.11. The number of fused-ring (bicyclic) bond motifs is 1. The van der Waals surface area contributed by atoms with Crippen LogP contribution < -0.4 is 4.74 Å². The molecule has 5 heteroatoms. The Morgan fingerprint density at radius 1 is 1.16 bits per heavy atom. The molecule has 3 rings (SSSR count). The number of hydrogen-bond acceptors (Lipinski definition) is 2. The number of pyridine rings is 1. The van der Waals surface area contributed by atoms with Crippen molar-refractivity contribution in [1.29, 1.82) is 0 Å². The topological polar surface area (TPSA) is 26.5 Å². The first-order valence-corrected chi connectivity index (χ1v) is 7.25. The number of imidazole rings is 1. The summed E-state index contributed by atoms with van der Waals surface area (Å²) in [4.78, 5) is 4.65. The van der Waals surface area contributed by atoms with E-state index in [1.807, 2.05) is 47.1 Å². The lowest BCUT2D eigenvalue weighted by Crippen LogP contribution is -1.86. The van der Waals surface area contributed by atoms with Gasteiger partial charge in [-0.2, -0.15) is 0 Å². The summed E-state index contributed by atoms with van der Waals surface area (Å²) in [5.74, 6) is 0.820. The molecular weight excluding hydrogens is 372 g/mol. The lowest BCUT2D eigenvalue weighted by atomic mass is 10.1. The smallest absolute Gasteiger partial charge is 0.151 e.